The van der Waals surface area contributed by atoms with E-state index in [0.717, 1.165) is 41.2 Å². The maximum Gasteiger partial charge on any atom is 0.183 e. The lowest BCUT2D eigenvalue weighted by molar-refractivity contribution is 0.295. The van der Waals surface area contributed by atoms with Crippen molar-refractivity contribution in [3.05, 3.63) is 15.8 Å². The Labute approximate surface area is 116 Å². The average Bonchev–Trinajstić information content (AvgIpc) is 3.04. The summed E-state index contributed by atoms with van der Waals surface area (Å²) in [4.78, 5) is 11.5. The van der Waals surface area contributed by atoms with Gasteiger partial charge in [-0.3, -0.25) is 4.90 Å². The molecule has 0 aliphatic rings. The zero-order valence-corrected chi connectivity index (χ0v) is 12.6. The van der Waals surface area contributed by atoms with Crippen molar-refractivity contribution in [1.82, 2.24) is 14.9 Å². The Bertz CT molecular complexity index is 488. The van der Waals surface area contributed by atoms with Gasteiger partial charge in [0.2, 0.25) is 0 Å². The van der Waals surface area contributed by atoms with Crippen molar-refractivity contribution >= 4 is 27.8 Å². The highest BCUT2D eigenvalue weighted by Crippen LogP contribution is 2.26. The van der Waals surface area contributed by atoms with Crippen LogP contribution >= 0.6 is 22.7 Å². The molecule has 0 spiro atoms. The molecule has 0 saturated heterocycles. The molecule has 18 heavy (non-hydrogen) atoms. The van der Waals surface area contributed by atoms with E-state index in [4.69, 9.17) is 0 Å². The third-order valence-electron chi connectivity index (χ3n) is 2.79. The topological polar surface area (TPSA) is 41.1 Å². The van der Waals surface area contributed by atoms with Crippen molar-refractivity contribution in [2.24, 2.45) is 0 Å². The average molecular weight is 282 g/mol. The van der Waals surface area contributed by atoms with Gasteiger partial charge in [0, 0.05) is 17.8 Å². The first-order chi connectivity index (χ1) is 8.76. The predicted molar refractivity (Wildman–Crippen MR) is 79.4 cm³/mol. The van der Waals surface area contributed by atoms with Crippen molar-refractivity contribution in [2.75, 3.05) is 25.5 Å². The van der Waals surface area contributed by atoms with Gasteiger partial charge in [0.1, 0.15) is 16.4 Å². The minimum atomic E-state index is 0.931. The van der Waals surface area contributed by atoms with Gasteiger partial charge in [0.15, 0.2) is 5.13 Å². The second-order valence-electron chi connectivity index (χ2n) is 3.88. The van der Waals surface area contributed by atoms with E-state index in [1.807, 2.05) is 12.4 Å². The predicted octanol–water partition coefficient (Wildman–Crippen LogP) is 3.15. The molecule has 2 aromatic rings. The van der Waals surface area contributed by atoms with Crippen LogP contribution in [0.1, 0.15) is 18.9 Å². The smallest absolute Gasteiger partial charge is 0.183 e. The minimum absolute atomic E-state index is 0.931. The lowest BCUT2D eigenvalue weighted by Crippen LogP contribution is -2.21. The van der Waals surface area contributed by atoms with Crippen LogP contribution in [-0.2, 0) is 6.54 Å². The van der Waals surface area contributed by atoms with Crippen molar-refractivity contribution in [3.8, 4) is 11.4 Å². The highest BCUT2D eigenvalue weighted by Gasteiger charge is 2.10. The second kappa shape index (κ2) is 6.26. The summed E-state index contributed by atoms with van der Waals surface area (Å²) in [7, 11) is 1.88. The van der Waals surface area contributed by atoms with E-state index in [1.54, 1.807) is 22.7 Å². The monoisotopic (exact) mass is 282 g/mol. The number of nitrogens with zero attached hydrogens (tertiary/aromatic N) is 3. The summed E-state index contributed by atoms with van der Waals surface area (Å²) in [6.45, 7) is 7.41. The molecule has 6 heteroatoms. The maximum atomic E-state index is 4.66. The van der Waals surface area contributed by atoms with Gasteiger partial charge in [-0.2, -0.15) is 0 Å². The second-order valence-corrected chi connectivity index (χ2v) is 5.68. The molecule has 2 aromatic heterocycles. The zero-order valence-electron chi connectivity index (χ0n) is 10.9. The molecular weight excluding hydrogens is 264 g/mol. The van der Waals surface area contributed by atoms with Gasteiger partial charge in [-0.25, -0.2) is 9.97 Å². The van der Waals surface area contributed by atoms with E-state index in [-0.39, 0.29) is 0 Å². The first kappa shape index (κ1) is 13.5. The fraction of sp³-hybridized carbons (Fsp3) is 0.500. The number of nitrogens with one attached hydrogen (secondary N) is 1. The quantitative estimate of drug-likeness (QED) is 0.883. The molecule has 4 nitrogen and oxygen atoms in total. The number of hydrogen-bond acceptors (Lipinski definition) is 6. The van der Waals surface area contributed by atoms with Crippen molar-refractivity contribution < 1.29 is 0 Å². The number of anilines is 1. The molecular formula is C12H18N4S2. The molecule has 1 N–H and O–H groups in total. The summed E-state index contributed by atoms with van der Waals surface area (Å²) < 4.78 is 0. The van der Waals surface area contributed by atoms with Crippen LogP contribution in [0.3, 0.4) is 0 Å². The highest BCUT2D eigenvalue weighted by atomic mass is 32.1. The molecule has 2 heterocycles. The summed E-state index contributed by atoms with van der Waals surface area (Å²) in [5.41, 5.74) is 1.95. The van der Waals surface area contributed by atoms with Crippen LogP contribution in [0, 0.1) is 0 Å². The Morgan fingerprint density at radius 2 is 1.78 bits per heavy atom. The van der Waals surface area contributed by atoms with Crippen LogP contribution in [0.5, 0.6) is 0 Å². The van der Waals surface area contributed by atoms with Crippen LogP contribution in [0.2, 0.25) is 0 Å². The molecule has 0 bridgehead atoms. The van der Waals surface area contributed by atoms with Crippen molar-refractivity contribution in [3.63, 3.8) is 0 Å². The SMILES string of the molecule is CCN(CC)Cc1nc(-c2csc(NC)n2)cs1. The summed E-state index contributed by atoms with van der Waals surface area (Å²) in [6, 6.07) is 0. The van der Waals surface area contributed by atoms with Gasteiger partial charge in [-0.05, 0) is 13.1 Å². The van der Waals surface area contributed by atoms with Crippen LogP contribution in [0.4, 0.5) is 5.13 Å². The molecule has 98 valence electrons. The number of hydrogen-bond donors (Lipinski definition) is 1. The molecule has 0 aliphatic heterocycles. The molecule has 0 amide bonds. The lowest BCUT2D eigenvalue weighted by atomic mass is 10.4. The first-order valence-electron chi connectivity index (χ1n) is 6.07. The molecule has 0 aromatic carbocycles. The van der Waals surface area contributed by atoms with E-state index < -0.39 is 0 Å². The van der Waals surface area contributed by atoms with Crippen LogP contribution in [0.15, 0.2) is 10.8 Å². The summed E-state index contributed by atoms with van der Waals surface area (Å²) >= 11 is 3.32. The van der Waals surface area contributed by atoms with Gasteiger partial charge in [0.25, 0.3) is 0 Å². The Balaban J connectivity index is 2.10. The fourth-order valence-corrected chi connectivity index (χ4v) is 3.14. The number of rotatable bonds is 6. The standard InChI is InChI=1S/C12H18N4S2/c1-4-16(5-2)6-11-14-9(7-17-11)10-8-18-12(13-3)15-10/h7-8H,4-6H2,1-3H3,(H,13,15). The number of thiazole rings is 2. The molecule has 2 rings (SSSR count). The molecule has 0 saturated carbocycles. The number of aromatic nitrogens is 2. The van der Waals surface area contributed by atoms with Gasteiger partial charge in [-0.1, -0.05) is 13.8 Å². The third kappa shape index (κ3) is 3.07. The van der Waals surface area contributed by atoms with E-state index in [0.29, 0.717) is 0 Å². The van der Waals surface area contributed by atoms with Crippen LogP contribution in [0.25, 0.3) is 11.4 Å². The summed E-state index contributed by atoms with van der Waals surface area (Å²) in [5, 5.41) is 9.28. The largest absolute Gasteiger partial charge is 0.365 e. The maximum absolute atomic E-state index is 4.66. The van der Waals surface area contributed by atoms with E-state index in [2.05, 4.69) is 39.4 Å². The summed E-state index contributed by atoms with van der Waals surface area (Å²) in [6.07, 6.45) is 0. The van der Waals surface area contributed by atoms with Gasteiger partial charge >= 0.3 is 0 Å². The van der Waals surface area contributed by atoms with Crippen molar-refractivity contribution in [2.45, 2.75) is 20.4 Å². The van der Waals surface area contributed by atoms with Crippen molar-refractivity contribution in [1.29, 1.82) is 0 Å². The lowest BCUT2D eigenvalue weighted by Gasteiger charge is -2.15. The Hall–Kier alpha value is -0.980. The Morgan fingerprint density at radius 1 is 1.11 bits per heavy atom. The molecule has 0 radical (unpaired) electrons. The Kier molecular flexibility index (Phi) is 4.68. The van der Waals surface area contributed by atoms with Crippen LogP contribution in [-0.4, -0.2) is 35.0 Å². The molecule has 0 aliphatic carbocycles. The highest BCUT2D eigenvalue weighted by molar-refractivity contribution is 7.14. The van der Waals surface area contributed by atoms with E-state index in [9.17, 15) is 0 Å². The summed E-state index contributed by atoms with van der Waals surface area (Å²) in [5.74, 6) is 0. The van der Waals surface area contributed by atoms with Gasteiger partial charge in [-0.15, -0.1) is 22.7 Å². The van der Waals surface area contributed by atoms with Gasteiger partial charge < -0.3 is 5.32 Å². The molecule has 0 unspecified atom stereocenters. The molecule has 0 atom stereocenters. The minimum Gasteiger partial charge on any atom is -0.365 e. The normalized spacial score (nSPS) is 11.1. The van der Waals surface area contributed by atoms with Gasteiger partial charge in [0.05, 0.1) is 6.54 Å². The van der Waals surface area contributed by atoms with E-state index in [1.165, 1.54) is 0 Å². The van der Waals surface area contributed by atoms with Crippen LogP contribution < -0.4 is 5.32 Å². The Morgan fingerprint density at radius 3 is 2.39 bits per heavy atom. The third-order valence-corrected chi connectivity index (χ3v) is 4.48. The first-order valence-corrected chi connectivity index (χ1v) is 7.83. The fourth-order valence-electron chi connectivity index (χ4n) is 1.65. The zero-order chi connectivity index (χ0) is 13.0. The molecule has 0 fully saturated rings. The van der Waals surface area contributed by atoms with E-state index >= 15 is 0 Å².